The Morgan fingerprint density at radius 1 is 1.10 bits per heavy atom. The summed E-state index contributed by atoms with van der Waals surface area (Å²) >= 11 is 0. The van der Waals surface area contributed by atoms with Crippen molar-refractivity contribution in [1.29, 1.82) is 0 Å². The molecule has 0 radical (unpaired) electrons. The summed E-state index contributed by atoms with van der Waals surface area (Å²) in [7, 11) is 0. The van der Waals surface area contributed by atoms with Gasteiger partial charge in [0, 0.05) is 11.6 Å². The highest BCUT2D eigenvalue weighted by atomic mass is 16.4. The van der Waals surface area contributed by atoms with Crippen molar-refractivity contribution in [3.63, 3.8) is 0 Å². The van der Waals surface area contributed by atoms with Crippen LogP contribution < -0.4 is 5.32 Å². The normalized spacial score (nSPS) is 22.3. The van der Waals surface area contributed by atoms with E-state index in [-0.39, 0.29) is 17.7 Å². The molecule has 0 aromatic heterocycles. The maximum Gasteiger partial charge on any atom is 0.306 e. The van der Waals surface area contributed by atoms with Crippen molar-refractivity contribution >= 4 is 17.6 Å². The van der Waals surface area contributed by atoms with E-state index in [0.29, 0.717) is 25.7 Å². The molecular weight excluding hydrogens is 254 g/mol. The summed E-state index contributed by atoms with van der Waals surface area (Å²) in [4.78, 5) is 23.1. The molecule has 0 unspecified atom stereocenters. The van der Waals surface area contributed by atoms with Gasteiger partial charge < -0.3 is 10.4 Å². The number of carboxylic acid groups (broad SMARTS) is 1. The number of carbonyl (C=O) groups excluding carboxylic acids is 1. The number of anilines is 1. The van der Waals surface area contributed by atoms with Gasteiger partial charge in [0.2, 0.25) is 5.91 Å². The summed E-state index contributed by atoms with van der Waals surface area (Å²) in [5.74, 6) is -1.06. The molecule has 2 N–H and O–H groups in total. The minimum Gasteiger partial charge on any atom is -0.481 e. The van der Waals surface area contributed by atoms with Gasteiger partial charge in [-0.15, -0.1) is 0 Å². The number of hydrogen-bond acceptors (Lipinski definition) is 2. The first-order chi connectivity index (χ1) is 9.47. The molecule has 1 amide bonds. The SMILES string of the molecule is Cc1ccc(NC(=O)C2CCC(C(=O)O)CC2)c(C)c1. The van der Waals surface area contributed by atoms with Crippen molar-refractivity contribution in [2.24, 2.45) is 11.8 Å². The Bertz CT molecular complexity index is 516. The van der Waals surface area contributed by atoms with E-state index in [0.717, 1.165) is 11.3 Å². The van der Waals surface area contributed by atoms with Crippen LogP contribution in [0.4, 0.5) is 5.69 Å². The van der Waals surface area contributed by atoms with Crippen molar-refractivity contribution in [1.82, 2.24) is 0 Å². The van der Waals surface area contributed by atoms with Crippen LogP contribution in [-0.2, 0) is 9.59 Å². The molecule has 20 heavy (non-hydrogen) atoms. The van der Waals surface area contributed by atoms with Crippen LogP contribution in [0.15, 0.2) is 18.2 Å². The van der Waals surface area contributed by atoms with E-state index < -0.39 is 5.97 Å². The maximum atomic E-state index is 12.2. The lowest BCUT2D eigenvalue weighted by molar-refractivity contribution is -0.143. The van der Waals surface area contributed by atoms with Crippen LogP contribution in [0.2, 0.25) is 0 Å². The zero-order valence-corrected chi connectivity index (χ0v) is 12.0. The molecule has 1 aromatic carbocycles. The van der Waals surface area contributed by atoms with Gasteiger partial charge in [0.15, 0.2) is 0 Å². The van der Waals surface area contributed by atoms with E-state index in [1.807, 2.05) is 32.0 Å². The Balaban J connectivity index is 1.94. The molecule has 0 aliphatic heterocycles. The third-order valence-electron chi connectivity index (χ3n) is 4.09. The lowest BCUT2D eigenvalue weighted by Gasteiger charge is -2.25. The molecule has 0 spiro atoms. The first-order valence-electron chi connectivity index (χ1n) is 7.08. The molecule has 0 atom stereocenters. The number of amides is 1. The summed E-state index contributed by atoms with van der Waals surface area (Å²) in [5.41, 5.74) is 3.07. The van der Waals surface area contributed by atoms with Crippen molar-refractivity contribution in [2.75, 3.05) is 5.32 Å². The van der Waals surface area contributed by atoms with Crippen LogP contribution in [0.25, 0.3) is 0 Å². The number of nitrogens with one attached hydrogen (secondary N) is 1. The van der Waals surface area contributed by atoms with Gasteiger partial charge in [-0.3, -0.25) is 9.59 Å². The van der Waals surface area contributed by atoms with Gasteiger partial charge in [0.25, 0.3) is 0 Å². The average Bonchev–Trinajstić information content (AvgIpc) is 2.42. The predicted octanol–water partition coefficient (Wildman–Crippen LogP) is 3.13. The smallest absolute Gasteiger partial charge is 0.306 e. The van der Waals surface area contributed by atoms with E-state index in [2.05, 4.69) is 5.32 Å². The lowest BCUT2D eigenvalue weighted by Crippen LogP contribution is -2.29. The number of rotatable bonds is 3. The van der Waals surface area contributed by atoms with Crippen LogP contribution in [0.3, 0.4) is 0 Å². The van der Waals surface area contributed by atoms with Crippen LogP contribution in [0.5, 0.6) is 0 Å². The van der Waals surface area contributed by atoms with E-state index in [9.17, 15) is 9.59 Å². The molecule has 1 aliphatic carbocycles. The Labute approximate surface area is 119 Å². The van der Waals surface area contributed by atoms with Gasteiger partial charge in [0.05, 0.1) is 5.92 Å². The molecular formula is C16H21NO3. The highest BCUT2D eigenvalue weighted by Gasteiger charge is 2.29. The summed E-state index contributed by atoms with van der Waals surface area (Å²) in [6.45, 7) is 4.00. The van der Waals surface area contributed by atoms with Gasteiger partial charge in [-0.25, -0.2) is 0 Å². The first kappa shape index (κ1) is 14.6. The monoisotopic (exact) mass is 275 g/mol. The second-order valence-corrected chi connectivity index (χ2v) is 5.69. The number of carboxylic acids is 1. The minimum atomic E-state index is -0.738. The molecule has 1 aromatic rings. The maximum absolute atomic E-state index is 12.2. The first-order valence-corrected chi connectivity index (χ1v) is 7.08. The number of hydrogen-bond donors (Lipinski definition) is 2. The zero-order chi connectivity index (χ0) is 14.7. The quantitative estimate of drug-likeness (QED) is 0.890. The Hall–Kier alpha value is -1.84. The number of aliphatic carboxylic acids is 1. The molecule has 1 aliphatic rings. The fraction of sp³-hybridized carbons (Fsp3) is 0.500. The second kappa shape index (κ2) is 6.07. The van der Waals surface area contributed by atoms with Gasteiger partial charge in [0.1, 0.15) is 0 Å². The van der Waals surface area contributed by atoms with E-state index in [1.54, 1.807) is 0 Å². The standard InChI is InChI=1S/C16H21NO3/c1-10-3-8-14(11(2)9-10)17-15(18)12-4-6-13(7-5-12)16(19)20/h3,8-9,12-13H,4-7H2,1-2H3,(H,17,18)(H,19,20). The van der Waals surface area contributed by atoms with Crippen molar-refractivity contribution in [3.8, 4) is 0 Å². The summed E-state index contributed by atoms with van der Waals surface area (Å²) in [6.07, 6.45) is 2.52. The largest absolute Gasteiger partial charge is 0.481 e. The molecule has 4 heteroatoms. The van der Waals surface area contributed by atoms with Crippen LogP contribution in [0, 0.1) is 25.7 Å². The molecule has 2 rings (SSSR count). The van der Waals surface area contributed by atoms with Crippen LogP contribution in [-0.4, -0.2) is 17.0 Å². The van der Waals surface area contributed by atoms with E-state index in [1.165, 1.54) is 5.56 Å². The number of benzene rings is 1. The van der Waals surface area contributed by atoms with Crippen molar-refractivity contribution < 1.29 is 14.7 Å². The van der Waals surface area contributed by atoms with E-state index >= 15 is 0 Å². The van der Waals surface area contributed by atoms with Crippen molar-refractivity contribution in [3.05, 3.63) is 29.3 Å². The molecule has 0 heterocycles. The molecule has 0 saturated heterocycles. The molecule has 0 bridgehead atoms. The lowest BCUT2D eigenvalue weighted by atomic mass is 9.81. The Morgan fingerprint density at radius 2 is 1.70 bits per heavy atom. The molecule has 108 valence electrons. The number of aryl methyl sites for hydroxylation is 2. The summed E-state index contributed by atoms with van der Waals surface area (Å²) < 4.78 is 0. The van der Waals surface area contributed by atoms with Crippen LogP contribution >= 0.6 is 0 Å². The molecule has 1 fully saturated rings. The third-order valence-corrected chi connectivity index (χ3v) is 4.09. The zero-order valence-electron chi connectivity index (χ0n) is 12.0. The Morgan fingerprint density at radius 3 is 2.25 bits per heavy atom. The molecule has 4 nitrogen and oxygen atoms in total. The molecule has 1 saturated carbocycles. The average molecular weight is 275 g/mol. The van der Waals surface area contributed by atoms with Crippen molar-refractivity contribution in [2.45, 2.75) is 39.5 Å². The highest BCUT2D eigenvalue weighted by Crippen LogP contribution is 2.30. The predicted molar refractivity (Wildman–Crippen MR) is 77.6 cm³/mol. The van der Waals surface area contributed by atoms with Gasteiger partial charge in [-0.05, 0) is 51.2 Å². The second-order valence-electron chi connectivity index (χ2n) is 5.69. The Kier molecular flexibility index (Phi) is 4.42. The summed E-state index contributed by atoms with van der Waals surface area (Å²) in [5, 5.41) is 11.9. The van der Waals surface area contributed by atoms with Gasteiger partial charge in [-0.1, -0.05) is 17.7 Å². The topological polar surface area (TPSA) is 66.4 Å². The van der Waals surface area contributed by atoms with Crippen LogP contribution in [0.1, 0.15) is 36.8 Å². The third kappa shape index (κ3) is 3.38. The van der Waals surface area contributed by atoms with Gasteiger partial charge in [-0.2, -0.15) is 0 Å². The summed E-state index contributed by atoms with van der Waals surface area (Å²) in [6, 6.07) is 5.94. The fourth-order valence-corrected chi connectivity index (χ4v) is 2.79. The number of carbonyl (C=O) groups is 2. The minimum absolute atomic E-state index is 0.0146. The van der Waals surface area contributed by atoms with E-state index in [4.69, 9.17) is 5.11 Å². The fourth-order valence-electron chi connectivity index (χ4n) is 2.79. The highest BCUT2D eigenvalue weighted by molar-refractivity contribution is 5.93. The van der Waals surface area contributed by atoms with Gasteiger partial charge >= 0.3 is 5.97 Å².